The molecule has 0 radical (unpaired) electrons. The number of hydrogen-bond donors (Lipinski definition) is 2. The number of carbonyl (C=O) groups is 1. The Kier molecular flexibility index (Phi) is 17.1. The average Bonchev–Trinajstić information content (AvgIpc) is 1.68. The summed E-state index contributed by atoms with van der Waals surface area (Å²) in [5, 5.41) is 50.4. The first-order chi connectivity index (χ1) is 39.1. The molecule has 2 N–H and O–H groups in total. The Labute approximate surface area is 463 Å². The molecule has 1 amide bonds. The lowest BCUT2D eigenvalue weighted by Crippen LogP contribution is -2.70. The van der Waals surface area contributed by atoms with Crippen molar-refractivity contribution >= 4 is 34.0 Å². The van der Waals surface area contributed by atoms with Gasteiger partial charge in [-0.3, -0.25) is 25.1 Å². The quantitative estimate of drug-likeness (QED) is 0.0266. The zero-order valence-electron chi connectivity index (χ0n) is 44.1. The zero-order chi connectivity index (χ0) is 55.6. The van der Waals surface area contributed by atoms with Crippen molar-refractivity contribution in [3.8, 4) is 34.1 Å². The van der Waals surface area contributed by atoms with E-state index in [1.807, 2.05) is 103 Å². The second kappa shape index (κ2) is 25.0. The highest BCUT2D eigenvalue weighted by molar-refractivity contribution is 6.03. The van der Waals surface area contributed by atoms with Crippen molar-refractivity contribution in [2.45, 2.75) is 75.8 Å². The number of nitrogens with zero attached hydrogens (tertiary/aromatic N) is 4. The summed E-state index contributed by atoms with van der Waals surface area (Å²) in [6.45, 7) is 4.07. The standard InChI is InChI=1S/C64H62N4O12/c1-2-37-76-64-60(66(41-48-18-12-17-46-15-6-7-19-54(46)48)63(71)79-52-31-27-50(28-32-52)68(74)75)40-58(65-77-42-43-21-25-49(26-22-43)67(72)73)56-38-47(16-8-10-35-69)55(20-9-11-36-70)61(62(56)64)57-39-53(33-34-59(57)80-64)78-51-29-23-45(24-30-51)44-13-4-3-5-14-44/h2-7,12-15,17-19,21-34,38-39,47,55,60-62,69-70H,1,8-11,16,20,35-37,40-42H2. The summed E-state index contributed by atoms with van der Waals surface area (Å²) in [6, 6.07) is 47.9. The number of benzene rings is 7. The molecule has 0 spiro atoms. The third kappa shape index (κ3) is 11.8. The first-order valence-corrected chi connectivity index (χ1v) is 27.0. The molecular weight excluding hydrogens is 1020 g/mol. The number of nitro groups is 2. The van der Waals surface area contributed by atoms with Crippen LogP contribution < -0.4 is 14.2 Å². The molecule has 80 heavy (non-hydrogen) atoms. The molecule has 7 aromatic carbocycles. The highest BCUT2D eigenvalue weighted by Crippen LogP contribution is 2.62. The normalized spacial score (nSPS) is 20.4. The molecule has 3 aliphatic rings. The lowest BCUT2D eigenvalue weighted by Gasteiger charge is -2.59. The predicted molar refractivity (Wildman–Crippen MR) is 303 cm³/mol. The molecule has 6 unspecified atom stereocenters. The topological polar surface area (TPSA) is 206 Å². The SMILES string of the molecule is C=CCOC12Oc3ccc(Oc4ccc(-c5ccccc5)cc4)cc3C3C(CCCCO)C(CCCCO)C=C(C(=NOCc4ccc([N+](=O)[O-])cc4)CC1N(Cc1cccc4ccccc14)C(=O)Oc1ccc([N+](=O)[O-])cc1)C32. The van der Waals surface area contributed by atoms with Crippen molar-refractivity contribution < 1.29 is 48.6 Å². The third-order valence-corrected chi connectivity index (χ3v) is 15.5. The Morgan fingerprint density at radius 2 is 1.40 bits per heavy atom. The van der Waals surface area contributed by atoms with Crippen LogP contribution in [-0.2, 0) is 22.7 Å². The van der Waals surface area contributed by atoms with Crippen molar-refractivity contribution in [2.24, 2.45) is 22.9 Å². The Balaban J connectivity index is 1.16. The molecule has 16 heteroatoms. The molecule has 6 atom stereocenters. The number of allylic oxidation sites excluding steroid dienone is 1. The van der Waals surface area contributed by atoms with Gasteiger partial charge in [0, 0.05) is 55.4 Å². The first-order valence-electron chi connectivity index (χ1n) is 27.0. The van der Waals surface area contributed by atoms with Gasteiger partial charge < -0.3 is 34.0 Å². The van der Waals surface area contributed by atoms with Crippen molar-refractivity contribution in [1.82, 2.24) is 4.90 Å². The van der Waals surface area contributed by atoms with Crippen molar-refractivity contribution in [1.29, 1.82) is 0 Å². The molecule has 1 heterocycles. The van der Waals surface area contributed by atoms with E-state index < -0.39 is 39.6 Å². The molecule has 16 nitrogen and oxygen atoms in total. The van der Waals surface area contributed by atoms with Gasteiger partial charge in [0.2, 0.25) is 5.79 Å². The molecular formula is C64H62N4O12. The number of hydrogen-bond acceptors (Lipinski definition) is 13. The van der Waals surface area contributed by atoms with Crippen molar-refractivity contribution in [2.75, 3.05) is 19.8 Å². The monoisotopic (exact) mass is 1080 g/mol. The second-order valence-electron chi connectivity index (χ2n) is 20.3. The van der Waals surface area contributed by atoms with E-state index in [1.165, 1.54) is 36.4 Å². The van der Waals surface area contributed by atoms with Crippen LogP contribution in [0.25, 0.3) is 21.9 Å². The van der Waals surface area contributed by atoms with Crippen LogP contribution in [-0.4, -0.2) is 68.4 Å². The maximum absolute atomic E-state index is 15.5. The number of aliphatic hydroxyl groups is 2. The Bertz CT molecular complexity index is 3380. The van der Waals surface area contributed by atoms with Gasteiger partial charge in [-0.2, -0.15) is 0 Å². The van der Waals surface area contributed by atoms with Crippen LogP contribution in [0.1, 0.15) is 67.6 Å². The van der Waals surface area contributed by atoms with Crippen LogP contribution >= 0.6 is 0 Å². The van der Waals surface area contributed by atoms with Crippen LogP contribution in [0.5, 0.6) is 23.0 Å². The Morgan fingerprint density at radius 3 is 2.11 bits per heavy atom. The number of oxime groups is 1. The molecule has 2 aliphatic carbocycles. The number of non-ortho nitro benzene ring substituents is 2. The molecule has 10 rings (SSSR count). The maximum atomic E-state index is 15.5. The summed E-state index contributed by atoms with van der Waals surface area (Å²) in [5.41, 5.74) is 5.45. The van der Waals surface area contributed by atoms with Gasteiger partial charge in [-0.1, -0.05) is 115 Å². The number of carbonyl (C=O) groups excluding carboxylic acids is 1. The van der Waals surface area contributed by atoms with Gasteiger partial charge in [-0.05, 0) is 131 Å². The molecule has 1 aliphatic heterocycles. The van der Waals surface area contributed by atoms with E-state index in [1.54, 1.807) is 23.1 Å². The Hall–Kier alpha value is -8.70. The molecule has 1 fully saturated rings. The minimum atomic E-state index is -1.69. The molecule has 0 bridgehead atoms. The second-order valence-corrected chi connectivity index (χ2v) is 20.3. The smallest absolute Gasteiger partial charge is 0.416 e. The number of rotatable bonds is 23. The fourth-order valence-electron chi connectivity index (χ4n) is 11.8. The lowest BCUT2D eigenvalue weighted by molar-refractivity contribution is -0.385. The van der Waals surface area contributed by atoms with E-state index in [0.717, 1.165) is 45.0 Å². The van der Waals surface area contributed by atoms with Gasteiger partial charge in [0.25, 0.3) is 11.4 Å². The predicted octanol–water partition coefficient (Wildman–Crippen LogP) is 13.7. The minimum Gasteiger partial charge on any atom is -0.459 e. The van der Waals surface area contributed by atoms with Gasteiger partial charge in [0.15, 0.2) is 0 Å². The highest BCUT2D eigenvalue weighted by Gasteiger charge is 2.66. The van der Waals surface area contributed by atoms with E-state index in [4.69, 9.17) is 28.9 Å². The number of amides is 1. The molecule has 1 saturated carbocycles. The summed E-state index contributed by atoms with van der Waals surface area (Å²) in [5.74, 6) is -1.20. The van der Waals surface area contributed by atoms with Crippen LogP contribution in [0.2, 0.25) is 0 Å². The third-order valence-electron chi connectivity index (χ3n) is 15.5. The zero-order valence-corrected chi connectivity index (χ0v) is 44.1. The van der Waals surface area contributed by atoms with Gasteiger partial charge in [0.1, 0.15) is 35.6 Å². The molecule has 0 saturated heterocycles. The van der Waals surface area contributed by atoms with Gasteiger partial charge >= 0.3 is 6.09 Å². The number of unbranched alkanes of at least 4 members (excludes halogenated alkanes) is 2. The Morgan fingerprint density at radius 1 is 0.750 bits per heavy atom. The molecule has 7 aromatic rings. The lowest BCUT2D eigenvalue weighted by atomic mass is 9.55. The number of nitro benzene ring substituents is 2. The fraction of sp³-hybridized carbons (Fsp3) is 0.281. The summed E-state index contributed by atoms with van der Waals surface area (Å²) < 4.78 is 27.7. The summed E-state index contributed by atoms with van der Waals surface area (Å²) >= 11 is 0. The largest absolute Gasteiger partial charge is 0.459 e. The fourth-order valence-corrected chi connectivity index (χ4v) is 11.8. The van der Waals surface area contributed by atoms with Gasteiger partial charge in [0.05, 0.1) is 34.6 Å². The number of aliphatic hydroxyl groups excluding tert-OH is 2. The van der Waals surface area contributed by atoms with E-state index in [2.05, 4.69) is 24.8 Å². The maximum Gasteiger partial charge on any atom is 0.416 e. The average molecular weight is 1080 g/mol. The van der Waals surface area contributed by atoms with Crippen LogP contribution in [0.4, 0.5) is 16.2 Å². The molecule has 0 aromatic heterocycles. The van der Waals surface area contributed by atoms with Crippen LogP contribution in [0.3, 0.4) is 0 Å². The number of ether oxygens (including phenoxy) is 4. The van der Waals surface area contributed by atoms with E-state index in [9.17, 15) is 30.4 Å². The molecule has 410 valence electrons. The van der Waals surface area contributed by atoms with Crippen molar-refractivity contribution in [3.63, 3.8) is 0 Å². The number of fused-ring (bicyclic) bond motifs is 3. The first kappa shape index (κ1) is 54.6. The summed E-state index contributed by atoms with van der Waals surface area (Å²) in [4.78, 5) is 45.7. The highest BCUT2D eigenvalue weighted by atomic mass is 16.7. The minimum absolute atomic E-state index is 0.000238. The van der Waals surface area contributed by atoms with Crippen molar-refractivity contribution in [3.05, 3.63) is 225 Å². The van der Waals surface area contributed by atoms with Crippen LogP contribution in [0.15, 0.2) is 193 Å². The van der Waals surface area contributed by atoms with E-state index >= 15 is 4.79 Å². The summed E-state index contributed by atoms with van der Waals surface area (Å²) in [6.07, 6.45) is 7.09. The van der Waals surface area contributed by atoms with E-state index in [0.29, 0.717) is 60.6 Å². The van der Waals surface area contributed by atoms with Gasteiger partial charge in [-0.25, -0.2) is 4.79 Å². The van der Waals surface area contributed by atoms with E-state index in [-0.39, 0.29) is 68.4 Å². The summed E-state index contributed by atoms with van der Waals surface area (Å²) in [7, 11) is 0. The van der Waals surface area contributed by atoms with Gasteiger partial charge in [-0.15, -0.1) is 6.58 Å². The van der Waals surface area contributed by atoms with Crippen LogP contribution in [0, 0.1) is 38.0 Å².